The van der Waals surface area contributed by atoms with Crippen LogP contribution < -0.4 is 0 Å². The zero-order valence-electron chi connectivity index (χ0n) is 31.2. The van der Waals surface area contributed by atoms with Crippen LogP contribution in [0.5, 0.6) is 0 Å². The lowest BCUT2D eigenvalue weighted by Crippen LogP contribution is -2.51. The van der Waals surface area contributed by atoms with Gasteiger partial charge in [0.25, 0.3) is 0 Å². The lowest BCUT2D eigenvalue weighted by atomic mass is 9.66. The summed E-state index contributed by atoms with van der Waals surface area (Å²) in [6.07, 6.45) is 10.7. The van der Waals surface area contributed by atoms with Gasteiger partial charge in [-0.05, 0) is 66.6 Å². The van der Waals surface area contributed by atoms with Gasteiger partial charge in [-0.2, -0.15) is 0 Å². The first-order chi connectivity index (χ1) is 22.9. The highest BCUT2D eigenvalue weighted by Crippen LogP contribution is 2.65. The molecule has 1 unspecified atom stereocenters. The van der Waals surface area contributed by atoms with E-state index in [-0.39, 0.29) is 66.2 Å². The van der Waals surface area contributed by atoms with E-state index < -0.39 is 55.4 Å². The summed E-state index contributed by atoms with van der Waals surface area (Å²) in [5, 5.41) is -0.497. The third-order valence-electron chi connectivity index (χ3n) is 12.8. The van der Waals surface area contributed by atoms with Crippen LogP contribution in [0.15, 0.2) is 12.7 Å². The normalized spacial score (nSPS) is 28.2. The Hall–Kier alpha value is -2.16. The van der Waals surface area contributed by atoms with Crippen LogP contribution in [0.2, 0.25) is 0 Å². The maximum Gasteiger partial charge on any atom is 0.227 e. The third-order valence-corrected chi connectivity index (χ3v) is 15.3. The van der Waals surface area contributed by atoms with E-state index in [2.05, 4.69) is 20.4 Å². The van der Waals surface area contributed by atoms with Gasteiger partial charge in [0, 0.05) is 44.1 Å². The molecule has 4 fully saturated rings. The Morgan fingerprint density at radius 3 is 2.24 bits per heavy atom. The van der Waals surface area contributed by atoms with Gasteiger partial charge >= 0.3 is 0 Å². The predicted octanol–water partition coefficient (Wildman–Crippen LogP) is 7.27. The summed E-state index contributed by atoms with van der Waals surface area (Å²) >= 11 is 0. The van der Waals surface area contributed by atoms with Crippen molar-refractivity contribution in [3.8, 4) is 0 Å². The average Bonchev–Trinajstić information content (AvgIpc) is 3.33. The number of Topliss-reactive ketones (excluding diaryl/α,β-unsaturated/α-hetero) is 4. The van der Waals surface area contributed by atoms with Gasteiger partial charge in [0.05, 0.1) is 17.0 Å². The lowest BCUT2D eigenvalue weighted by Gasteiger charge is -2.45. The molecule has 49 heavy (non-hydrogen) atoms. The van der Waals surface area contributed by atoms with E-state index in [9.17, 15) is 32.4 Å². The number of carbonyl (C=O) groups is 5. The van der Waals surface area contributed by atoms with Crippen molar-refractivity contribution < 1.29 is 32.4 Å². The quantitative estimate of drug-likeness (QED) is 0.115. The molecule has 0 aromatic carbocycles. The Labute approximate surface area is 295 Å². The lowest BCUT2D eigenvalue weighted by molar-refractivity contribution is -0.148. The minimum absolute atomic E-state index is 0.0163. The number of fused-ring (bicyclic) bond motifs is 1. The second kappa shape index (κ2) is 15.6. The molecule has 4 rings (SSSR count). The fraction of sp³-hybridized carbons (Fsp3) is 0.825. The smallest absolute Gasteiger partial charge is 0.227 e. The SMILES string of the molecule is C=CCCC(=O)C(=O)[C@H](CCCC)CC(=O)[C@@H]1[C@@H]2[C@H](CN1C(=O)[C@@H](CC(=O)CC1(C3CCCCS3(=O)=O)CCCCC1)C(C)(C)C)C2(C)C. The molecule has 6 atom stereocenters. The van der Waals surface area contributed by atoms with Crippen LogP contribution in [0, 0.1) is 39.9 Å². The standard InChI is InChI=1S/C40H63NO7S/c1-8-10-17-27(36(45)31(43)18-11-9-2)23-32(44)35-34-30(39(34,6)7)26-41(35)37(46)29(38(3,4)5)24-28(42)25-40(20-14-12-15-21-40)33-19-13-16-22-49(33,47)48/h9,27,29-30,33-35H,2,8,10-26H2,1,3-7H3/t27-,29-,30+,33?,34+,35-/m1/s1. The zero-order chi connectivity index (χ0) is 36.4. The molecule has 0 N–H and O–H groups in total. The molecule has 0 radical (unpaired) electrons. The molecule has 276 valence electrons. The molecular weight excluding hydrogens is 639 g/mol. The molecule has 2 saturated heterocycles. The molecule has 0 aromatic heterocycles. The van der Waals surface area contributed by atoms with Gasteiger partial charge in [-0.25, -0.2) is 8.42 Å². The number of hydrogen-bond acceptors (Lipinski definition) is 7. The van der Waals surface area contributed by atoms with Crippen LogP contribution in [0.1, 0.15) is 144 Å². The van der Waals surface area contributed by atoms with Crippen LogP contribution in [-0.2, 0) is 33.8 Å². The monoisotopic (exact) mass is 701 g/mol. The summed E-state index contributed by atoms with van der Waals surface area (Å²) < 4.78 is 26.7. The highest BCUT2D eigenvalue weighted by atomic mass is 32.2. The highest BCUT2D eigenvalue weighted by Gasteiger charge is 2.69. The van der Waals surface area contributed by atoms with E-state index in [0.717, 1.165) is 51.4 Å². The summed E-state index contributed by atoms with van der Waals surface area (Å²) in [6.45, 7) is 16.2. The number of likely N-dealkylation sites (tertiary alicyclic amines) is 1. The minimum atomic E-state index is -3.29. The Balaban J connectivity index is 1.56. The Bertz CT molecular complexity index is 1380. The fourth-order valence-electron chi connectivity index (χ4n) is 9.77. The molecule has 0 bridgehead atoms. The summed E-state index contributed by atoms with van der Waals surface area (Å²) in [7, 11) is -3.29. The van der Waals surface area contributed by atoms with Gasteiger partial charge in [0.15, 0.2) is 21.4 Å². The maximum atomic E-state index is 14.6. The first-order valence-electron chi connectivity index (χ1n) is 19.2. The third kappa shape index (κ3) is 8.66. The molecule has 9 heteroatoms. The number of carbonyl (C=O) groups excluding carboxylic acids is 5. The number of hydrogen-bond donors (Lipinski definition) is 0. The van der Waals surface area contributed by atoms with Gasteiger partial charge in [-0.15, -0.1) is 6.58 Å². The predicted molar refractivity (Wildman–Crippen MR) is 192 cm³/mol. The van der Waals surface area contributed by atoms with E-state index in [1.807, 2.05) is 27.7 Å². The topological polar surface area (TPSA) is 123 Å². The number of allylic oxidation sites excluding steroid dienone is 1. The van der Waals surface area contributed by atoms with Crippen LogP contribution in [0.3, 0.4) is 0 Å². The zero-order valence-corrected chi connectivity index (χ0v) is 32.0. The second-order valence-corrected chi connectivity index (χ2v) is 19.9. The number of sulfone groups is 1. The second-order valence-electron chi connectivity index (χ2n) is 17.6. The first kappa shape index (κ1) is 39.6. The summed E-state index contributed by atoms with van der Waals surface area (Å²) in [5.41, 5.74) is -1.26. The van der Waals surface area contributed by atoms with Crippen molar-refractivity contribution in [2.45, 2.75) is 156 Å². The van der Waals surface area contributed by atoms with E-state index in [1.165, 1.54) is 0 Å². The Morgan fingerprint density at radius 2 is 1.65 bits per heavy atom. The first-order valence-corrected chi connectivity index (χ1v) is 20.9. The van der Waals surface area contributed by atoms with E-state index in [1.54, 1.807) is 11.0 Å². The van der Waals surface area contributed by atoms with Gasteiger partial charge < -0.3 is 4.90 Å². The van der Waals surface area contributed by atoms with E-state index in [4.69, 9.17) is 0 Å². The molecule has 2 aliphatic carbocycles. The van der Waals surface area contributed by atoms with Crippen molar-refractivity contribution in [2.24, 2.45) is 39.9 Å². The number of ketones is 4. The largest absolute Gasteiger partial charge is 0.332 e. The molecule has 4 aliphatic rings. The number of piperidine rings is 1. The van der Waals surface area contributed by atoms with Gasteiger partial charge in [-0.1, -0.05) is 86.1 Å². The van der Waals surface area contributed by atoms with Crippen LogP contribution in [0.25, 0.3) is 0 Å². The number of rotatable bonds is 17. The number of amides is 1. The van der Waals surface area contributed by atoms with Crippen molar-refractivity contribution in [3.05, 3.63) is 12.7 Å². The van der Waals surface area contributed by atoms with Crippen LogP contribution in [0.4, 0.5) is 0 Å². The van der Waals surface area contributed by atoms with Crippen LogP contribution >= 0.6 is 0 Å². The van der Waals surface area contributed by atoms with Crippen molar-refractivity contribution in [2.75, 3.05) is 12.3 Å². The maximum absolute atomic E-state index is 14.6. The highest BCUT2D eigenvalue weighted by molar-refractivity contribution is 7.92. The molecule has 0 spiro atoms. The average molecular weight is 702 g/mol. The van der Waals surface area contributed by atoms with Gasteiger partial charge in [-0.3, -0.25) is 24.0 Å². The molecule has 1 amide bonds. The summed E-state index contributed by atoms with van der Waals surface area (Å²) in [5.74, 6) is -2.46. The summed E-state index contributed by atoms with van der Waals surface area (Å²) in [4.78, 5) is 70.6. The molecular formula is C40H63NO7S. The molecule has 2 heterocycles. The van der Waals surface area contributed by atoms with E-state index >= 15 is 0 Å². The molecule has 2 saturated carbocycles. The summed E-state index contributed by atoms with van der Waals surface area (Å²) in [6, 6.07) is -0.690. The minimum Gasteiger partial charge on any atom is -0.332 e. The van der Waals surface area contributed by atoms with E-state index in [0.29, 0.717) is 32.2 Å². The van der Waals surface area contributed by atoms with Gasteiger partial charge in [0.1, 0.15) is 5.78 Å². The van der Waals surface area contributed by atoms with Gasteiger partial charge in [0.2, 0.25) is 11.7 Å². The Kier molecular flexibility index (Phi) is 12.6. The fourth-order valence-corrected chi connectivity index (χ4v) is 12.3. The van der Waals surface area contributed by atoms with Crippen LogP contribution in [-0.4, -0.2) is 65.9 Å². The molecule has 0 aromatic rings. The van der Waals surface area contributed by atoms with Crippen molar-refractivity contribution in [1.29, 1.82) is 0 Å². The number of nitrogens with zero attached hydrogens (tertiary/aromatic N) is 1. The molecule has 8 nitrogen and oxygen atoms in total. The van der Waals surface area contributed by atoms with Crippen molar-refractivity contribution >= 4 is 38.9 Å². The van der Waals surface area contributed by atoms with Crippen molar-refractivity contribution in [1.82, 2.24) is 4.90 Å². The Morgan fingerprint density at radius 1 is 0.980 bits per heavy atom. The molecule has 2 aliphatic heterocycles. The van der Waals surface area contributed by atoms with Crippen molar-refractivity contribution in [3.63, 3.8) is 0 Å². The number of unbranched alkanes of at least 4 members (excludes halogenated alkanes) is 1.